The van der Waals surface area contributed by atoms with Gasteiger partial charge in [-0.25, -0.2) is 4.98 Å². The maximum atomic E-state index is 4.69. The normalized spacial score (nSPS) is 18.0. The van der Waals surface area contributed by atoms with Crippen molar-refractivity contribution in [1.29, 1.82) is 0 Å². The molecule has 0 radical (unpaired) electrons. The van der Waals surface area contributed by atoms with Crippen LogP contribution in [-0.4, -0.2) is 42.2 Å². The molecule has 0 saturated heterocycles. The van der Waals surface area contributed by atoms with Gasteiger partial charge in [0.15, 0.2) is 0 Å². The lowest BCUT2D eigenvalue weighted by Crippen LogP contribution is -2.36. The third-order valence-electron chi connectivity index (χ3n) is 5.19. The minimum absolute atomic E-state index is 0.749. The molecule has 4 rings (SSSR count). The summed E-state index contributed by atoms with van der Waals surface area (Å²) in [5, 5.41) is 10.6. The Labute approximate surface area is 144 Å². The number of hydrogen-bond donors (Lipinski definition) is 4. The molecule has 0 bridgehead atoms. The second-order valence-electron chi connectivity index (χ2n) is 7.32. The van der Waals surface area contributed by atoms with Crippen LogP contribution in [0.5, 0.6) is 0 Å². The predicted molar refractivity (Wildman–Crippen MR) is 99.5 cm³/mol. The molecule has 0 atom stereocenters. The zero-order valence-corrected chi connectivity index (χ0v) is 14.4. The van der Waals surface area contributed by atoms with Gasteiger partial charge in [-0.2, -0.15) is 0 Å². The highest BCUT2D eigenvalue weighted by Crippen LogP contribution is 2.27. The van der Waals surface area contributed by atoms with Crippen molar-refractivity contribution in [3.05, 3.63) is 24.0 Å². The Morgan fingerprint density at radius 2 is 2.00 bits per heavy atom. The molecule has 2 saturated carbocycles. The Bertz CT molecular complexity index is 657. The molecular weight excluding hydrogens is 298 g/mol. The summed E-state index contributed by atoms with van der Waals surface area (Å²) < 4.78 is 0. The van der Waals surface area contributed by atoms with E-state index in [1.54, 1.807) is 0 Å². The van der Waals surface area contributed by atoms with E-state index >= 15 is 0 Å². The summed E-state index contributed by atoms with van der Waals surface area (Å²) in [5.41, 5.74) is 3.36. The molecule has 24 heavy (non-hydrogen) atoms. The lowest BCUT2D eigenvalue weighted by Gasteiger charge is -2.26. The first-order valence-electron chi connectivity index (χ1n) is 9.53. The molecule has 4 N–H and O–H groups in total. The zero-order chi connectivity index (χ0) is 16.2. The number of H-pyrrole nitrogens is 1. The molecule has 2 fully saturated rings. The molecule has 130 valence electrons. The minimum atomic E-state index is 0.749. The van der Waals surface area contributed by atoms with Crippen LogP contribution in [0.15, 0.2) is 18.2 Å². The number of aromatic nitrogens is 2. The second-order valence-corrected chi connectivity index (χ2v) is 7.32. The first-order chi connectivity index (χ1) is 11.9. The number of fused-ring (bicyclic) bond motifs is 1. The van der Waals surface area contributed by atoms with Gasteiger partial charge in [0.25, 0.3) is 0 Å². The quantitative estimate of drug-likeness (QED) is 0.507. The molecule has 5 nitrogen and oxygen atoms in total. The number of benzene rings is 1. The van der Waals surface area contributed by atoms with E-state index in [1.165, 1.54) is 44.3 Å². The Balaban J connectivity index is 1.24. The molecule has 1 aromatic carbocycles. The third-order valence-corrected chi connectivity index (χ3v) is 5.19. The SMILES string of the molecule is c1cc2nc(CCNC3CCC3)[nH]c2cc1NCCNCC1CC1. The first kappa shape index (κ1) is 15.9. The Morgan fingerprint density at radius 1 is 1.08 bits per heavy atom. The summed E-state index contributed by atoms with van der Waals surface area (Å²) in [4.78, 5) is 8.16. The van der Waals surface area contributed by atoms with Crippen molar-refractivity contribution in [2.24, 2.45) is 5.92 Å². The summed E-state index contributed by atoms with van der Waals surface area (Å²) in [5.74, 6) is 2.03. The van der Waals surface area contributed by atoms with E-state index in [9.17, 15) is 0 Å². The summed E-state index contributed by atoms with van der Waals surface area (Å²) in [6, 6.07) is 7.15. The summed E-state index contributed by atoms with van der Waals surface area (Å²) in [7, 11) is 0. The van der Waals surface area contributed by atoms with Crippen molar-refractivity contribution in [1.82, 2.24) is 20.6 Å². The maximum Gasteiger partial charge on any atom is 0.108 e. The fraction of sp³-hybridized carbons (Fsp3) is 0.632. The van der Waals surface area contributed by atoms with Crippen LogP contribution in [0.4, 0.5) is 5.69 Å². The fourth-order valence-electron chi connectivity index (χ4n) is 3.22. The van der Waals surface area contributed by atoms with E-state index in [-0.39, 0.29) is 0 Å². The van der Waals surface area contributed by atoms with Crippen LogP contribution < -0.4 is 16.0 Å². The average Bonchev–Trinajstić information content (AvgIpc) is 3.27. The van der Waals surface area contributed by atoms with Crippen molar-refractivity contribution < 1.29 is 0 Å². The van der Waals surface area contributed by atoms with Crippen LogP contribution in [-0.2, 0) is 6.42 Å². The molecule has 1 heterocycles. The van der Waals surface area contributed by atoms with E-state index in [1.807, 2.05) is 0 Å². The highest BCUT2D eigenvalue weighted by Gasteiger charge is 2.19. The summed E-state index contributed by atoms with van der Waals surface area (Å²) >= 11 is 0. The third kappa shape index (κ3) is 4.28. The van der Waals surface area contributed by atoms with E-state index in [0.717, 1.165) is 54.9 Å². The monoisotopic (exact) mass is 327 g/mol. The van der Waals surface area contributed by atoms with Gasteiger partial charge in [0.1, 0.15) is 5.82 Å². The topological polar surface area (TPSA) is 64.8 Å². The molecule has 0 amide bonds. The van der Waals surface area contributed by atoms with Crippen LogP contribution in [0, 0.1) is 5.92 Å². The molecule has 0 unspecified atom stereocenters. The lowest BCUT2D eigenvalue weighted by molar-refractivity contribution is 0.341. The minimum Gasteiger partial charge on any atom is -0.384 e. The van der Waals surface area contributed by atoms with Gasteiger partial charge in [0.05, 0.1) is 11.0 Å². The van der Waals surface area contributed by atoms with E-state index in [4.69, 9.17) is 4.98 Å². The van der Waals surface area contributed by atoms with Crippen molar-refractivity contribution in [2.75, 3.05) is 31.5 Å². The molecule has 2 aliphatic rings. The van der Waals surface area contributed by atoms with Crippen molar-refractivity contribution in [3.8, 4) is 0 Å². The largest absolute Gasteiger partial charge is 0.384 e. The number of rotatable bonds is 10. The molecule has 0 spiro atoms. The number of aromatic amines is 1. The van der Waals surface area contributed by atoms with E-state index in [0.29, 0.717) is 0 Å². The van der Waals surface area contributed by atoms with Crippen molar-refractivity contribution in [2.45, 2.75) is 44.6 Å². The van der Waals surface area contributed by atoms with Crippen LogP contribution in [0.3, 0.4) is 0 Å². The number of imidazole rings is 1. The van der Waals surface area contributed by atoms with Gasteiger partial charge < -0.3 is 20.9 Å². The van der Waals surface area contributed by atoms with Gasteiger partial charge in [0, 0.05) is 37.8 Å². The number of hydrogen-bond acceptors (Lipinski definition) is 4. The van der Waals surface area contributed by atoms with E-state index < -0.39 is 0 Å². The van der Waals surface area contributed by atoms with Crippen LogP contribution in [0.1, 0.15) is 37.9 Å². The smallest absolute Gasteiger partial charge is 0.108 e. The molecule has 0 aliphatic heterocycles. The zero-order valence-electron chi connectivity index (χ0n) is 14.4. The standard InChI is InChI=1S/C19H29N5/c1-2-15(3-1)21-9-8-19-23-17-7-6-16(12-18(17)24-19)22-11-10-20-13-14-4-5-14/h6-7,12,14-15,20-22H,1-5,8-11,13H2,(H,23,24). The molecule has 2 aliphatic carbocycles. The Morgan fingerprint density at radius 3 is 2.79 bits per heavy atom. The number of anilines is 1. The molecular formula is C19H29N5. The van der Waals surface area contributed by atoms with Crippen LogP contribution >= 0.6 is 0 Å². The van der Waals surface area contributed by atoms with Gasteiger partial charge >= 0.3 is 0 Å². The van der Waals surface area contributed by atoms with Gasteiger partial charge in [-0.15, -0.1) is 0 Å². The van der Waals surface area contributed by atoms with Gasteiger partial charge in [-0.3, -0.25) is 0 Å². The van der Waals surface area contributed by atoms with Gasteiger partial charge in [-0.1, -0.05) is 6.42 Å². The van der Waals surface area contributed by atoms with Crippen molar-refractivity contribution in [3.63, 3.8) is 0 Å². The maximum absolute atomic E-state index is 4.69. The first-order valence-corrected chi connectivity index (χ1v) is 9.53. The van der Waals surface area contributed by atoms with Gasteiger partial charge in [-0.05, 0) is 56.3 Å². The summed E-state index contributed by atoms with van der Waals surface area (Å²) in [6.07, 6.45) is 7.85. The number of nitrogens with zero attached hydrogens (tertiary/aromatic N) is 1. The Kier molecular flexibility index (Phi) is 4.99. The average molecular weight is 327 g/mol. The highest BCUT2D eigenvalue weighted by atomic mass is 15.0. The van der Waals surface area contributed by atoms with Gasteiger partial charge in [0.2, 0.25) is 0 Å². The van der Waals surface area contributed by atoms with Crippen LogP contribution in [0.25, 0.3) is 11.0 Å². The van der Waals surface area contributed by atoms with Crippen molar-refractivity contribution >= 4 is 16.7 Å². The van der Waals surface area contributed by atoms with E-state index in [2.05, 4.69) is 39.1 Å². The fourth-order valence-corrected chi connectivity index (χ4v) is 3.22. The van der Waals surface area contributed by atoms with Crippen LogP contribution in [0.2, 0.25) is 0 Å². The number of nitrogens with one attached hydrogen (secondary N) is 4. The predicted octanol–water partition coefficient (Wildman–Crippen LogP) is 2.66. The Hall–Kier alpha value is -1.59. The second kappa shape index (κ2) is 7.53. The molecule has 1 aromatic heterocycles. The molecule has 5 heteroatoms. The summed E-state index contributed by atoms with van der Waals surface area (Å²) in [6.45, 7) is 4.18. The molecule has 2 aromatic rings. The highest BCUT2D eigenvalue weighted by molar-refractivity contribution is 5.79. The lowest BCUT2D eigenvalue weighted by atomic mass is 9.93.